The SMILES string of the molecule is CCCCC(C(=O)O)n1cc2c(nc(N)n3nc(-c4ccco4)nc23)n1. The number of aliphatic carboxylic acids is 1. The summed E-state index contributed by atoms with van der Waals surface area (Å²) in [6.45, 7) is 2.01. The average Bonchev–Trinajstić information content (AvgIpc) is 3.33. The molecule has 0 saturated heterocycles. The zero-order chi connectivity index (χ0) is 18.3. The lowest BCUT2D eigenvalue weighted by molar-refractivity contribution is -0.141. The van der Waals surface area contributed by atoms with E-state index in [-0.39, 0.29) is 5.95 Å². The molecular weight excluding hydrogens is 338 g/mol. The molecule has 0 amide bonds. The molecule has 4 aromatic rings. The van der Waals surface area contributed by atoms with E-state index in [1.807, 2.05) is 6.92 Å². The van der Waals surface area contributed by atoms with Gasteiger partial charge in [-0.1, -0.05) is 19.8 Å². The van der Waals surface area contributed by atoms with Gasteiger partial charge in [-0.3, -0.25) is 4.68 Å². The van der Waals surface area contributed by atoms with E-state index >= 15 is 0 Å². The Kier molecular flexibility index (Phi) is 3.79. The summed E-state index contributed by atoms with van der Waals surface area (Å²) in [6.07, 6.45) is 5.33. The first-order chi connectivity index (χ1) is 12.6. The van der Waals surface area contributed by atoms with Gasteiger partial charge in [-0.15, -0.1) is 5.10 Å². The van der Waals surface area contributed by atoms with Crippen LogP contribution in [-0.2, 0) is 4.79 Å². The van der Waals surface area contributed by atoms with Gasteiger partial charge in [0.1, 0.15) is 6.04 Å². The van der Waals surface area contributed by atoms with Gasteiger partial charge in [0.25, 0.3) is 0 Å². The quantitative estimate of drug-likeness (QED) is 0.536. The van der Waals surface area contributed by atoms with Gasteiger partial charge in [-0.2, -0.15) is 14.6 Å². The summed E-state index contributed by atoms with van der Waals surface area (Å²) >= 11 is 0. The highest BCUT2D eigenvalue weighted by Gasteiger charge is 2.23. The lowest BCUT2D eigenvalue weighted by Gasteiger charge is -2.11. The molecule has 0 aliphatic rings. The second-order valence-corrected chi connectivity index (χ2v) is 5.96. The Bertz CT molecular complexity index is 1080. The van der Waals surface area contributed by atoms with Crippen molar-refractivity contribution in [3.63, 3.8) is 0 Å². The largest absolute Gasteiger partial charge is 0.480 e. The first kappa shape index (κ1) is 16.1. The highest BCUT2D eigenvalue weighted by Crippen LogP contribution is 2.25. The van der Waals surface area contributed by atoms with Crippen molar-refractivity contribution >= 4 is 28.6 Å². The van der Waals surface area contributed by atoms with E-state index in [1.165, 1.54) is 15.5 Å². The standard InChI is InChI=1S/C16H17N7O3/c1-2-3-5-10(15(24)25)22-8-9-12(20-22)19-16(17)23-14(9)18-13(21-23)11-6-4-7-26-11/h4,6-8,10H,2-3,5H2,1H3,(H,24,25)(H2,17,19,20). The van der Waals surface area contributed by atoms with Crippen LogP contribution < -0.4 is 5.73 Å². The van der Waals surface area contributed by atoms with Gasteiger partial charge in [-0.25, -0.2) is 9.78 Å². The zero-order valence-corrected chi connectivity index (χ0v) is 14.0. The number of unbranched alkanes of at least 4 members (excludes halogenated alkanes) is 1. The van der Waals surface area contributed by atoms with Crippen LogP contribution in [0.2, 0.25) is 0 Å². The predicted octanol–water partition coefficient (Wildman–Crippen LogP) is 2.13. The zero-order valence-electron chi connectivity index (χ0n) is 14.0. The van der Waals surface area contributed by atoms with E-state index < -0.39 is 12.0 Å². The lowest BCUT2D eigenvalue weighted by atomic mass is 10.1. The Labute approximate surface area is 147 Å². The minimum atomic E-state index is -0.937. The number of nitrogens with two attached hydrogens (primary N) is 1. The number of hydrogen-bond donors (Lipinski definition) is 2. The van der Waals surface area contributed by atoms with Crippen LogP contribution in [0.1, 0.15) is 32.2 Å². The molecule has 0 spiro atoms. The summed E-state index contributed by atoms with van der Waals surface area (Å²) < 4.78 is 8.13. The van der Waals surface area contributed by atoms with Gasteiger partial charge in [0, 0.05) is 6.20 Å². The van der Waals surface area contributed by atoms with E-state index in [0.717, 1.165) is 12.8 Å². The topological polar surface area (TPSA) is 137 Å². The van der Waals surface area contributed by atoms with Crippen LogP contribution in [-0.4, -0.2) is 40.4 Å². The summed E-state index contributed by atoms with van der Waals surface area (Å²) in [7, 11) is 0. The van der Waals surface area contributed by atoms with E-state index in [9.17, 15) is 9.90 Å². The van der Waals surface area contributed by atoms with Gasteiger partial charge >= 0.3 is 5.97 Å². The minimum absolute atomic E-state index is 0.114. The maximum atomic E-state index is 11.6. The third kappa shape index (κ3) is 2.55. The molecule has 0 aliphatic heterocycles. The lowest BCUT2D eigenvalue weighted by Crippen LogP contribution is -2.19. The molecule has 10 heteroatoms. The van der Waals surface area contributed by atoms with Gasteiger partial charge < -0.3 is 15.3 Å². The number of furan rings is 1. The molecule has 4 heterocycles. The Morgan fingerprint density at radius 3 is 2.92 bits per heavy atom. The molecule has 1 unspecified atom stereocenters. The van der Waals surface area contributed by atoms with Crippen LogP contribution in [0.15, 0.2) is 29.0 Å². The normalized spacial score (nSPS) is 12.8. The van der Waals surface area contributed by atoms with Gasteiger partial charge in [-0.05, 0) is 18.6 Å². The molecule has 26 heavy (non-hydrogen) atoms. The van der Waals surface area contributed by atoms with Crippen molar-refractivity contribution in [3.05, 3.63) is 24.6 Å². The summed E-state index contributed by atoms with van der Waals surface area (Å²) in [5.74, 6) is 0.0426. The maximum Gasteiger partial charge on any atom is 0.328 e. The molecule has 0 aromatic carbocycles. The van der Waals surface area contributed by atoms with Gasteiger partial charge in [0.05, 0.1) is 11.6 Å². The highest BCUT2D eigenvalue weighted by atomic mass is 16.4. The first-order valence-corrected chi connectivity index (χ1v) is 8.26. The molecule has 0 bridgehead atoms. The number of nitrogens with zero attached hydrogens (tertiary/aromatic N) is 6. The Balaban J connectivity index is 1.87. The Morgan fingerprint density at radius 2 is 2.23 bits per heavy atom. The van der Waals surface area contributed by atoms with E-state index in [2.05, 4.69) is 20.2 Å². The average molecular weight is 355 g/mol. The Hall–Kier alpha value is -3.43. The fraction of sp³-hybridized carbons (Fsp3) is 0.312. The summed E-state index contributed by atoms with van der Waals surface area (Å²) in [4.78, 5) is 20.3. The number of carboxylic acid groups (broad SMARTS) is 1. The van der Waals surface area contributed by atoms with Crippen molar-refractivity contribution in [2.24, 2.45) is 0 Å². The van der Waals surface area contributed by atoms with Crippen LogP contribution in [0.25, 0.3) is 28.3 Å². The third-order valence-electron chi connectivity index (χ3n) is 4.18. The highest BCUT2D eigenvalue weighted by molar-refractivity contribution is 5.90. The van der Waals surface area contributed by atoms with Crippen molar-refractivity contribution in [1.29, 1.82) is 0 Å². The number of fused-ring (bicyclic) bond motifs is 3. The molecule has 4 rings (SSSR count). The number of rotatable bonds is 6. The number of nitrogen functional groups attached to an aromatic ring is 1. The van der Waals surface area contributed by atoms with Crippen molar-refractivity contribution in [1.82, 2.24) is 29.4 Å². The number of anilines is 1. The molecule has 4 aromatic heterocycles. The monoisotopic (exact) mass is 355 g/mol. The number of aromatic nitrogens is 6. The van der Waals surface area contributed by atoms with Crippen molar-refractivity contribution in [3.8, 4) is 11.6 Å². The molecular formula is C16H17N7O3. The predicted molar refractivity (Wildman–Crippen MR) is 92.4 cm³/mol. The van der Waals surface area contributed by atoms with Crippen LogP contribution in [0.5, 0.6) is 0 Å². The summed E-state index contributed by atoms with van der Waals surface area (Å²) in [6, 6.07) is 2.71. The first-order valence-electron chi connectivity index (χ1n) is 8.26. The second-order valence-electron chi connectivity index (χ2n) is 5.96. The number of carbonyl (C=O) groups is 1. The summed E-state index contributed by atoms with van der Waals surface area (Å²) in [5, 5.41) is 18.7. The fourth-order valence-electron chi connectivity index (χ4n) is 2.86. The van der Waals surface area contributed by atoms with Gasteiger partial charge in [0.2, 0.25) is 11.8 Å². The van der Waals surface area contributed by atoms with Crippen LogP contribution >= 0.6 is 0 Å². The maximum absolute atomic E-state index is 11.6. The molecule has 0 fully saturated rings. The molecule has 0 aliphatic carbocycles. The molecule has 10 nitrogen and oxygen atoms in total. The Morgan fingerprint density at radius 1 is 1.38 bits per heavy atom. The second kappa shape index (κ2) is 6.14. The molecule has 3 N–H and O–H groups in total. The van der Waals surface area contributed by atoms with Crippen molar-refractivity contribution in [2.75, 3.05) is 5.73 Å². The fourth-order valence-corrected chi connectivity index (χ4v) is 2.86. The number of carboxylic acids is 1. The van der Waals surface area contributed by atoms with Crippen molar-refractivity contribution < 1.29 is 14.3 Å². The third-order valence-corrected chi connectivity index (χ3v) is 4.18. The van der Waals surface area contributed by atoms with Crippen LogP contribution in [0.4, 0.5) is 5.95 Å². The molecule has 1 atom stereocenters. The van der Waals surface area contributed by atoms with Crippen molar-refractivity contribution in [2.45, 2.75) is 32.2 Å². The van der Waals surface area contributed by atoms with Crippen LogP contribution in [0.3, 0.4) is 0 Å². The van der Waals surface area contributed by atoms with E-state index in [4.69, 9.17) is 10.2 Å². The van der Waals surface area contributed by atoms with Crippen LogP contribution in [0, 0.1) is 0 Å². The minimum Gasteiger partial charge on any atom is -0.480 e. The van der Waals surface area contributed by atoms with E-state index in [1.54, 1.807) is 18.3 Å². The smallest absolute Gasteiger partial charge is 0.328 e. The van der Waals surface area contributed by atoms with Gasteiger partial charge in [0.15, 0.2) is 17.1 Å². The molecule has 134 valence electrons. The molecule has 0 radical (unpaired) electrons. The summed E-state index contributed by atoms with van der Waals surface area (Å²) in [5.41, 5.74) is 6.75. The number of hydrogen-bond acceptors (Lipinski definition) is 7. The molecule has 0 saturated carbocycles. The van der Waals surface area contributed by atoms with E-state index in [0.29, 0.717) is 34.7 Å².